The number of nitrogens with zero attached hydrogens (tertiary/aromatic N) is 2. The normalized spacial score (nSPS) is 24.2. The molecular formula is C17H24N4O3S. The summed E-state index contributed by atoms with van der Waals surface area (Å²) in [5, 5.41) is 3.13. The van der Waals surface area contributed by atoms with Crippen LogP contribution < -0.4 is 10.0 Å². The number of amidine groups is 1. The molecule has 1 fully saturated rings. The SMILES string of the molecule is CNCC1CCCN1C(=O)CC(C)N=C1NS(=O)(=O)c2ccccc21. The predicted octanol–water partition coefficient (Wildman–Crippen LogP) is 0.714. The number of hydrogen-bond donors (Lipinski definition) is 2. The molecule has 2 aliphatic rings. The van der Waals surface area contributed by atoms with Crippen molar-refractivity contribution in [2.45, 2.75) is 43.2 Å². The van der Waals surface area contributed by atoms with Gasteiger partial charge in [-0.3, -0.25) is 14.5 Å². The molecule has 8 heteroatoms. The average Bonchev–Trinajstić information content (AvgIpc) is 3.11. The molecule has 0 saturated carbocycles. The van der Waals surface area contributed by atoms with Crippen LogP contribution in [0.4, 0.5) is 0 Å². The third kappa shape index (κ3) is 3.69. The average molecular weight is 364 g/mol. The molecule has 2 aliphatic heterocycles. The minimum absolute atomic E-state index is 0.0729. The van der Waals surface area contributed by atoms with Crippen LogP contribution in [-0.2, 0) is 14.8 Å². The summed E-state index contributed by atoms with van der Waals surface area (Å²) < 4.78 is 26.7. The maximum atomic E-state index is 12.6. The topological polar surface area (TPSA) is 90.9 Å². The first-order valence-corrected chi connectivity index (χ1v) is 10.0. The summed E-state index contributed by atoms with van der Waals surface area (Å²) in [5.41, 5.74) is 0.566. The Morgan fingerprint density at radius 3 is 2.96 bits per heavy atom. The van der Waals surface area contributed by atoms with Crippen LogP contribution in [0.15, 0.2) is 34.2 Å². The van der Waals surface area contributed by atoms with Gasteiger partial charge < -0.3 is 10.2 Å². The van der Waals surface area contributed by atoms with Crippen LogP contribution in [0, 0.1) is 0 Å². The standard InChI is InChI=1S/C17H24N4O3S/c1-12(10-16(22)21-9-5-6-13(21)11-18-2)19-17-14-7-3-4-8-15(14)25(23,24)20-17/h3-4,7-8,12-13,18H,5-6,9-11H2,1-2H3,(H,19,20). The Kier molecular flexibility index (Phi) is 5.10. The lowest BCUT2D eigenvalue weighted by Gasteiger charge is -2.25. The minimum Gasteiger partial charge on any atom is -0.338 e. The van der Waals surface area contributed by atoms with Crippen molar-refractivity contribution in [3.05, 3.63) is 29.8 Å². The van der Waals surface area contributed by atoms with Crippen LogP contribution in [0.1, 0.15) is 31.7 Å². The zero-order valence-corrected chi connectivity index (χ0v) is 15.3. The quantitative estimate of drug-likeness (QED) is 0.805. The van der Waals surface area contributed by atoms with E-state index in [-0.39, 0.29) is 29.3 Å². The molecule has 1 aromatic carbocycles. The summed E-state index contributed by atoms with van der Waals surface area (Å²) in [6.07, 6.45) is 2.31. The summed E-state index contributed by atoms with van der Waals surface area (Å²) in [4.78, 5) is 19.2. The summed E-state index contributed by atoms with van der Waals surface area (Å²) >= 11 is 0. The van der Waals surface area contributed by atoms with Gasteiger partial charge in [0.1, 0.15) is 5.84 Å². The zero-order valence-electron chi connectivity index (χ0n) is 14.5. The van der Waals surface area contributed by atoms with Crippen molar-refractivity contribution in [3.8, 4) is 0 Å². The van der Waals surface area contributed by atoms with Crippen LogP contribution in [0.2, 0.25) is 0 Å². The van der Waals surface area contributed by atoms with E-state index in [1.165, 1.54) is 0 Å². The van der Waals surface area contributed by atoms with E-state index in [0.29, 0.717) is 11.4 Å². The van der Waals surface area contributed by atoms with Crippen LogP contribution >= 0.6 is 0 Å². The lowest BCUT2D eigenvalue weighted by molar-refractivity contribution is -0.132. The Morgan fingerprint density at radius 1 is 1.44 bits per heavy atom. The molecule has 7 nitrogen and oxygen atoms in total. The van der Waals surface area contributed by atoms with Gasteiger partial charge in [-0.05, 0) is 38.9 Å². The van der Waals surface area contributed by atoms with Crippen molar-refractivity contribution in [1.29, 1.82) is 0 Å². The molecule has 136 valence electrons. The first-order valence-electron chi connectivity index (χ1n) is 8.56. The van der Waals surface area contributed by atoms with Gasteiger partial charge in [-0.15, -0.1) is 0 Å². The van der Waals surface area contributed by atoms with Gasteiger partial charge in [-0.1, -0.05) is 12.1 Å². The third-order valence-corrected chi connectivity index (χ3v) is 6.02. The molecule has 2 unspecified atom stereocenters. The number of sulfonamides is 1. The van der Waals surface area contributed by atoms with E-state index in [1.807, 2.05) is 18.9 Å². The summed E-state index contributed by atoms with van der Waals surface area (Å²) in [6.45, 7) is 3.41. The Hall–Kier alpha value is -1.93. The van der Waals surface area contributed by atoms with Gasteiger partial charge in [0.15, 0.2) is 0 Å². The van der Waals surface area contributed by atoms with Crippen LogP contribution in [0.25, 0.3) is 0 Å². The highest BCUT2D eigenvalue weighted by Gasteiger charge is 2.32. The van der Waals surface area contributed by atoms with E-state index in [4.69, 9.17) is 0 Å². The number of likely N-dealkylation sites (N-methyl/N-ethyl adjacent to an activating group) is 1. The molecule has 0 aromatic heterocycles. The first-order chi connectivity index (χ1) is 11.9. The third-order valence-electron chi connectivity index (χ3n) is 4.62. The van der Waals surface area contributed by atoms with E-state index >= 15 is 0 Å². The lowest BCUT2D eigenvalue weighted by atomic mass is 10.1. The largest absolute Gasteiger partial charge is 0.338 e. The van der Waals surface area contributed by atoms with Crippen LogP contribution in [0.5, 0.6) is 0 Å². The van der Waals surface area contributed by atoms with E-state index in [2.05, 4.69) is 15.0 Å². The number of hydrogen-bond acceptors (Lipinski definition) is 5. The maximum Gasteiger partial charge on any atom is 0.263 e. The van der Waals surface area contributed by atoms with E-state index in [9.17, 15) is 13.2 Å². The van der Waals surface area contributed by atoms with E-state index < -0.39 is 10.0 Å². The van der Waals surface area contributed by atoms with Crippen LogP contribution in [-0.4, -0.2) is 57.3 Å². The van der Waals surface area contributed by atoms with Crippen LogP contribution in [0.3, 0.4) is 0 Å². The molecule has 1 amide bonds. The smallest absolute Gasteiger partial charge is 0.263 e. The number of likely N-dealkylation sites (tertiary alicyclic amines) is 1. The number of nitrogens with one attached hydrogen (secondary N) is 2. The molecule has 0 bridgehead atoms. The van der Waals surface area contributed by atoms with E-state index in [0.717, 1.165) is 25.9 Å². The molecule has 3 rings (SSSR count). The fraction of sp³-hybridized carbons (Fsp3) is 0.529. The zero-order chi connectivity index (χ0) is 18.0. The van der Waals surface area contributed by atoms with Gasteiger partial charge in [0, 0.05) is 31.1 Å². The van der Waals surface area contributed by atoms with Crippen molar-refractivity contribution in [2.75, 3.05) is 20.1 Å². The molecule has 2 atom stereocenters. The lowest BCUT2D eigenvalue weighted by Crippen LogP contribution is -2.41. The molecule has 25 heavy (non-hydrogen) atoms. The van der Waals surface area contributed by atoms with Gasteiger partial charge in [0.25, 0.3) is 10.0 Å². The molecule has 0 radical (unpaired) electrons. The second-order valence-electron chi connectivity index (χ2n) is 6.57. The second-order valence-corrected chi connectivity index (χ2v) is 8.22. The van der Waals surface area contributed by atoms with Crippen molar-refractivity contribution in [3.63, 3.8) is 0 Å². The highest BCUT2D eigenvalue weighted by Crippen LogP contribution is 2.23. The Balaban J connectivity index is 1.71. The van der Waals surface area contributed by atoms with Gasteiger partial charge in [0.05, 0.1) is 10.9 Å². The second kappa shape index (κ2) is 7.13. The predicted molar refractivity (Wildman–Crippen MR) is 96.0 cm³/mol. The molecule has 0 aliphatic carbocycles. The molecule has 0 spiro atoms. The van der Waals surface area contributed by atoms with Gasteiger partial charge >= 0.3 is 0 Å². The monoisotopic (exact) mass is 364 g/mol. The molecule has 1 saturated heterocycles. The van der Waals surface area contributed by atoms with Crippen molar-refractivity contribution >= 4 is 21.8 Å². The molecule has 1 aromatic rings. The Morgan fingerprint density at radius 2 is 2.20 bits per heavy atom. The van der Waals surface area contributed by atoms with Gasteiger partial charge in [-0.2, -0.15) is 0 Å². The number of amides is 1. The number of rotatable bonds is 5. The number of carbonyl (C=O) groups is 1. The fourth-order valence-electron chi connectivity index (χ4n) is 3.48. The summed E-state index contributed by atoms with van der Waals surface area (Å²) in [5.74, 6) is 0.396. The first kappa shape index (κ1) is 17.9. The Bertz CT molecular complexity index is 791. The van der Waals surface area contributed by atoms with Crippen molar-refractivity contribution < 1.29 is 13.2 Å². The minimum atomic E-state index is -3.55. The van der Waals surface area contributed by atoms with E-state index in [1.54, 1.807) is 24.3 Å². The van der Waals surface area contributed by atoms with Gasteiger partial charge in [-0.25, -0.2) is 8.42 Å². The summed E-state index contributed by atoms with van der Waals surface area (Å²) in [6, 6.07) is 6.68. The molecule has 2 heterocycles. The maximum absolute atomic E-state index is 12.6. The highest BCUT2D eigenvalue weighted by atomic mass is 32.2. The number of fused-ring (bicyclic) bond motifs is 1. The molecule has 2 N–H and O–H groups in total. The number of carbonyl (C=O) groups excluding carboxylic acids is 1. The highest BCUT2D eigenvalue weighted by molar-refractivity contribution is 7.90. The van der Waals surface area contributed by atoms with Crippen molar-refractivity contribution in [1.82, 2.24) is 14.9 Å². The number of benzene rings is 1. The number of aliphatic imine (C=N–C) groups is 1. The van der Waals surface area contributed by atoms with Gasteiger partial charge in [0.2, 0.25) is 5.91 Å². The Labute approximate surface area is 148 Å². The van der Waals surface area contributed by atoms with Crippen molar-refractivity contribution in [2.24, 2.45) is 4.99 Å². The fourth-order valence-corrected chi connectivity index (χ4v) is 4.72. The molecular weight excluding hydrogens is 340 g/mol. The summed E-state index contributed by atoms with van der Waals surface area (Å²) in [7, 11) is -1.66.